The second-order valence-electron chi connectivity index (χ2n) is 7.26. The highest BCUT2D eigenvalue weighted by atomic mass is 35.5. The Hall–Kier alpha value is -1.87. The van der Waals surface area contributed by atoms with Crippen molar-refractivity contribution in [1.82, 2.24) is 4.31 Å². The molecule has 0 saturated carbocycles. The van der Waals surface area contributed by atoms with Crippen LogP contribution >= 0.6 is 23.2 Å². The SMILES string of the molecule is CC1CCN(S(=O)(=O)c2cc(NCC(=O)Nc3ccc(F)c(Cl)c3)ccc2Cl)CC1. The number of carbonyl (C=O) groups is 1. The van der Waals surface area contributed by atoms with Crippen LogP contribution in [0.15, 0.2) is 41.3 Å². The molecule has 0 aromatic heterocycles. The molecule has 162 valence electrons. The van der Waals surface area contributed by atoms with E-state index in [9.17, 15) is 17.6 Å². The topological polar surface area (TPSA) is 78.5 Å². The molecule has 2 aromatic carbocycles. The predicted molar refractivity (Wildman–Crippen MR) is 117 cm³/mol. The number of halogens is 3. The first-order valence-electron chi connectivity index (χ1n) is 9.45. The number of nitrogens with zero attached hydrogens (tertiary/aromatic N) is 1. The number of amides is 1. The Labute approximate surface area is 185 Å². The third-order valence-electron chi connectivity index (χ3n) is 4.95. The number of hydrogen-bond donors (Lipinski definition) is 2. The number of piperidine rings is 1. The van der Waals surface area contributed by atoms with Crippen LogP contribution in [-0.2, 0) is 14.8 Å². The van der Waals surface area contributed by atoms with Crippen LogP contribution in [0.5, 0.6) is 0 Å². The van der Waals surface area contributed by atoms with E-state index in [4.69, 9.17) is 23.2 Å². The van der Waals surface area contributed by atoms with E-state index in [0.29, 0.717) is 30.4 Å². The van der Waals surface area contributed by atoms with Gasteiger partial charge in [0.15, 0.2) is 0 Å². The van der Waals surface area contributed by atoms with Gasteiger partial charge in [0.1, 0.15) is 10.7 Å². The van der Waals surface area contributed by atoms with Gasteiger partial charge in [0.05, 0.1) is 16.6 Å². The molecule has 10 heteroatoms. The number of hydrogen-bond acceptors (Lipinski definition) is 4. The highest BCUT2D eigenvalue weighted by Crippen LogP contribution is 2.30. The standard InChI is InChI=1S/C20H22Cl2FN3O3S/c1-13-6-8-26(9-7-13)30(28,29)19-11-14(2-4-16(19)21)24-12-20(27)25-15-3-5-18(23)17(22)10-15/h2-5,10-11,13,24H,6-9,12H2,1H3,(H,25,27). The Morgan fingerprint density at radius 3 is 2.43 bits per heavy atom. The highest BCUT2D eigenvalue weighted by Gasteiger charge is 2.30. The molecule has 1 fully saturated rings. The van der Waals surface area contributed by atoms with Crippen molar-refractivity contribution in [3.05, 3.63) is 52.3 Å². The minimum absolute atomic E-state index is 0.00874. The fourth-order valence-corrected chi connectivity index (χ4v) is 5.29. The van der Waals surface area contributed by atoms with Crippen molar-refractivity contribution < 1.29 is 17.6 Å². The van der Waals surface area contributed by atoms with Gasteiger partial charge in [-0.25, -0.2) is 12.8 Å². The van der Waals surface area contributed by atoms with Crippen molar-refractivity contribution in [1.29, 1.82) is 0 Å². The number of sulfonamides is 1. The lowest BCUT2D eigenvalue weighted by Crippen LogP contribution is -2.38. The van der Waals surface area contributed by atoms with Crippen LogP contribution in [0.25, 0.3) is 0 Å². The second kappa shape index (κ2) is 9.51. The third-order valence-corrected chi connectivity index (χ3v) is 7.62. The average molecular weight is 474 g/mol. The number of carbonyl (C=O) groups excluding carboxylic acids is 1. The summed E-state index contributed by atoms with van der Waals surface area (Å²) >= 11 is 11.9. The van der Waals surface area contributed by atoms with Crippen molar-refractivity contribution >= 4 is 50.5 Å². The summed E-state index contributed by atoms with van der Waals surface area (Å²) in [5.41, 5.74) is 0.794. The summed E-state index contributed by atoms with van der Waals surface area (Å²) in [5, 5.41) is 5.50. The Bertz CT molecular complexity index is 1040. The molecule has 2 aromatic rings. The Morgan fingerprint density at radius 2 is 1.77 bits per heavy atom. The summed E-state index contributed by atoms with van der Waals surface area (Å²) in [6.07, 6.45) is 1.62. The minimum atomic E-state index is -3.72. The molecule has 0 spiro atoms. The molecule has 0 aliphatic carbocycles. The maximum Gasteiger partial charge on any atom is 0.244 e. The van der Waals surface area contributed by atoms with E-state index in [1.165, 1.54) is 28.6 Å². The number of benzene rings is 2. The first-order valence-corrected chi connectivity index (χ1v) is 11.6. The molecule has 1 aliphatic heterocycles. The highest BCUT2D eigenvalue weighted by molar-refractivity contribution is 7.89. The molecule has 2 N–H and O–H groups in total. The van der Waals surface area contributed by atoms with Gasteiger partial charge in [-0.1, -0.05) is 30.1 Å². The summed E-state index contributed by atoms with van der Waals surface area (Å²) < 4.78 is 40.6. The fourth-order valence-electron chi connectivity index (χ4n) is 3.14. The van der Waals surface area contributed by atoms with Crippen LogP contribution in [0, 0.1) is 11.7 Å². The van der Waals surface area contributed by atoms with Gasteiger partial charge in [0.2, 0.25) is 15.9 Å². The van der Waals surface area contributed by atoms with Crippen LogP contribution in [-0.4, -0.2) is 38.3 Å². The molecule has 1 saturated heterocycles. The molecule has 1 aliphatic rings. The van der Waals surface area contributed by atoms with Gasteiger partial charge >= 0.3 is 0 Å². The summed E-state index contributed by atoms with van der Waals surface area (Å²) in [4.78, 5) is 12.2. The summed E-state index contributed by atoms with van der Waals surface area (Å²) in [7, 11) is -3.72. The number of rotatable bonds is 6. The zero-order chi connectivity index (χ0) is 21.9. The largest absolute Gasteiger partial charge is 0.376 e. The lowest BCUT2D eigenvalue weighted by molar-refractivity contribution is -0.114. The first kappa shape index (κ1) is 22.8. The minimum Gasteiger partial charge on any atom is -0.376 e. The molecule has 3 rings (SSSR count). The van der Waals surface area contributed by atoms with Crippen molar-refractivity contribution in [2.75, 3.05) is 30.3 Å². The van der Waals surface area contributed by atoms with Crippen LogP contribution in [0.4, 0.5) is 15.8 Å². The summed E-state index contributed by atoms with van der Waals surface area (Å²) in [6, 6.07) is 8.37. The quantitative estimate of drug-likeness (QED) is 0.642. The van der Waals surface area contributed by atoms with E-state index in [1.54, 1.807) is 6.07 Å². The van der Waals surface area contributed by atoms with Gasteiger partial charge in [-0.05, 0) is 55.2 Å². The monoisotopic (exact) mass is 473 g/mol. The lowest BCUT2D eigenvalue weighted by atomic mass is 10.0. The van der Waals surface area contributed by atoms with E-state index >= 15 is 0 Å². The zero-order valence-electron chi connectivity index (χ0n) is 16.3. The van der Waals surface area contributed by atoms with Crippen molar-refractivity contribution in [2.24, 2.45) is 5.92 Å². The van der Waals surface area contributed by atoms with Crippen molar-refractivity contribution in [2.45, 2.75) is 24.7 Å². The van der Waals surface area contributed by atoms with Crippen LogP contribution < -0.4 is 10.6 Å². The van der Waals surface area contributed by atoms with Gasteiger partial charge in [0, 0.05) is 24.5 Å². The van der Waals surface area contributed by atoms with Crippen molar-refractivity contribution in [3.8, 4) is 0 Å². The summed E-state index contributed by atoms with van der Waals surface area (Å²) in [5.74, 6) is -0.484. The molecule has 0 unspecified atom stereocenters. The van der Waals surface area contributed by atoms with E-state index in [2.05, 4.69) is 17.6 Å². The van der Waals surface area contributed by atoms with Gasteiger partial charge in [-0.15, -0.1) is 0 Å². The Balaban J connectivity index is 1.67. The van der Waals surface area contributed by atoms with Gasteiger partial charge in [0.25, 0.3) is 0 Å². The molecule has 0 radical (unpaired) electrons. The molecule has 6 nitrogen and oxygen atoms in total. The van der Waals surface area contributed by atoms with Gasteiger partial charge < -0.3 is 10.6 Å². The van der Waals surface area contributed by atoms with E-state index in [-0.39, 0.29) is 21.5 Å². The Kier molecular flexibility index (Phi) is 7.23. The third kappa shape index (κ3) is 5.43. The van der Waals surface area contributed by atoms with Gasteiger partial charge in [-0.2, -0.15) is 4.31 Å². The summed E-state index contributed by atoms with van der Waals surface area (Å²) in [6.45, 7) is 2.89. The predicted octanol–water partition coefficient (Wildman–Crippen LogP) is 4.60. The fraction of sp³-hybridized carbons (Fsp3) is 0.350. The van der Waals surface area contributed by atoms with Crippen LogP contribution in [0.1, 0.15) is 19.8 Å². The lowest BCUT2D eigenvalue weighted by Gasteiger charge is -2.29. The Morgan fingerprint density at radius 1 is 1.10 bits per heavy atom. The van der Waals surface area contributed by atoms with E-state index in [1.807, 2.05) is 0 Å². The zero-order valence-corrected chi connectivity index (χ0v) is 18.6. The average Bonchev–Trinajstić information content (AvgIpc) is 2.70. The normalized spacial score (nSPS) is 15.7. The molecule has 0 atom stereocenters. The maximum absolute atomic E-state index is 13.2. The molecule has 1 amide bonds. The van der Waals surface area contributed by atoms with Crippen molar-refractivity contribution in [3.63, 3.8) is 0 Å². The maximum atomic E-state index is 13.2. The van der Waals surface area contributed by atoms with Crippen LogP contribution in [0.2, 0.25) is 10.0 Å². The molecule has 1 heterocycles. The molecular formula is C20H22Cl2FN3O3S. The first-order chi connectivity index (χ1) is 14.2. The van der Waals surface area contributed by atoms with E-state index in [0.717, 1.165) is 18.9 Å². The van der Waals surface area contributed by atoms with E-state index < -0.39 is 21.7 Å². The molecular weight excluding hydrogens is 452 g/mol. The number of nitrogens with one attached hydrogen (secondary N) is 2. The smallest absolute Gasteiger partial charge is 0.244 e. The van der Waals surface area contributed by atoms with Gasteiger partial charge in [-0.3, -0.25) is 4.79 Å². The molecule has 0 bridgehead atoms. The molecule has 30 heavy (non-hydrogen) atoms. The van der Waals surface area contributed by atoms with Crippen LogP contribution in [0.3, 0.4) is 0 Å². The second-order valence-corrected chi connectivity index (χ2v) is 9.98. The number of anilines is 2.